The predicted octanol–water partition coefficient (Wildman–Crippen LogP) is 2.85. The van der Waals surface area contributed by atoms with Crippen molar-refractivity contribution in [3.8, 4) is 22.8 Å². The molecule has 2 aromatic carbocycles. The Morgan fingerprint density at radius 2 is 1.82 bits per heavy atom. The number of likely N-dealkylation sites (tertiary alicyclic amines) is 2. The van der Waals surface area contributed by atoms with Gasteiger partial charge in [0.2, 0.25) is 11.8 Å². The van der Waals surface area contributed by atoms with Crippen LogP contribution in [0.25, 0.3) is 22.3 Å². The molecule has 0 spiro atoms. The minimum atomic E-state index is -0.00336. The smallest absolute Gasteiger partial charge is 0.236 e. The fraction of sp³-hybridized carbons (Fsp3) is 0.345. The van der Waals surface area contributed by atoms with Crippen LogP contribution in [0, 0.1) is 0 Å². The second-order valence-electron chi connectivity index (χ2n) is 10.2. The van der Waals surface area contributed by atoms with E-state index in [2.05, 4.69) is 15.3 Å². The maximum atomic E-state index is 12.7. The van der Waals surface area contributed by atoms with Crippen LogP contribution in [0.3, 0.4) is 0 Å². The summed E-state index contributed by atoms with van der Waals surface area (Å²) in [4.78, 5) is 36.8. The fourth-order valence-electron chi connectivity index (χ4n) is 5.21. The molecule has 0 bridgehead atoms. The second-order valence-corrected chi connectivity index (χ2v) is 10.2. The zero-order chi connectivity index (χ0) is 27.5. The SMILES string of the molecule is Nc1ncnc2c1c(-c1ccc(Oc3ccccc3)cc1)nn2C1CN(C(=O)CNCCCN2CCCC2=O)C1. The highest BCUT2D eigenvalue weighted by Crippen LogP contribution is 2.34. The largest absolute Gasteiger partial charge is 0.457 e. The molecule has 2 aromatic heterocycles. The Bertz CT molecular complexity index is 1500. The summed E-state index contributed by atoms with van der Waals surface area (Å²) in [6, 6.07) is 17.3. The quantitative estimate of drug-likeness (QED) is 0.294. The van der Waals surface area contributed by atoms with Gasteiger partial charge in [-0.15, -0.1) is 0 Å². The Balaban J connectivity index is 1.08. The van der Waals surface area contributed by atoms with Crippen LogP contribution in [0.4, 0.5) is 5.82 Å². The fourth-order valence-corrected chi connectivity index (χ4v) is 5.21. The minimum absolute atomic E-state index is 0.00336. The van der Waals surface area contributed by atoms with Gasteiger partial charge in [0.25, 0.3) is 0 Å². The molecule has 4 heterocycles. The van der Waals surface area contributed by atoms with Crippen LogP contribution < -0.4 is 15.8 Å². The normalized spacial score (nSPS) is 15.6. The topological polar surface area (TPSA) is 132 Å². The number of nitrogen functional groups attached to an aromatic ring is 1. The number of hydrogen-bond acceptors (Lipinski definition) is 8. The number of rotatable bonds is 10. The van der Waals surface area contributed by atoms with E-state index in [9.17, 15) is 9.59 Å². The van der Waals surface area contributed by atoms with Gasteiger partial charge in [0, 0.05) is 38.2 Å². The molecule has 2 aliphatic rings. The van der Waals surface area contributed by atoms with Gasteiger partial charge in [0.15, 0.2) is 5.65 Å². The van der Waals surface area contributed by atoms with E-state index in [1.807, 2.05) is 69.1 Å². The third-order valence-electron chi connectivity index (χ3n) is 7.41. The van der Waals surface area contributed by atoms with Gasteiger partial charge in [0.1, 0.15) is 29.3 Å². The summed E-state index contributed by atoms with van der Waals surface area (Å²) in [5.41, 5.74) is 8.50. The van der Waals surface area contributed by atoms with Crippen LogP contribution in [-0.4, -0.2) is 80.6 Å². The second kappa shape index (κ2) is 11.3. The number of nitrogens with one attached hydrogen (secondary N) is 1. The zero-order valence-corrected chi connectivity index (χ0v) is 22.2. The van der Waals surface area contributed by atoms with Crippen molar-refractivity contribution in [2.45, 2.75) is 25.3 Å². The third kappa shape index (κ3) is 5.32. The number of benzene rings is 2. The van der Waals surface area contributed by atoms with Gasteiger partial charge in [-0.1, -0.05) is 18.2 Å². The van der Waals surface area contributed by atoms with Crippen molar-refractivity contribution in [3.63, 3.8) is 0 Å². The molecule has 40 heavy (non-hydrogen) atoms. The van der Waals surface area contributed by atoms with Crippen LogP contribution in [0.2, 0.25) is 0 Å². The Hall–Kier alpha value is -4.51. The van der Waals surface area contributed by atoms with Gasteiger partial charge in [-0.05, 0) is 55.8 Å². The molecule has 0 aliphatic carbocycles. The highest BCUT2D eigenvalue weighted by molar-refractivity contribution is 5.98. The van der Waals surface area contributed by atoms with E-state index in [0.717, 1.165) is 37.2 Å². The van der Waals surface area contributed by atoms with E-state index in [0.29, 0.717) is 54.3 Å². The molecule has 0 unspecified atom stereocenters. The lowest BCUT2D eigenvalue weighted by molar-refractivity contribution is -0.136. The van der Waals surface area contributed by atoms with E-state index in [-0.39, 0.29) is 24.4 Å². The predicted molar refractivity (Wildman–Crippen MR) is 151 cm³/mol. The third-order valence-corrected chi connectivity index (χ3v) is 7.41. The van der Waals surface area contributed by atoms with E-state index < -0.39 is 0 Å². The molecule has 2 saturated heterocycles. The Morgan fingerprint density at radius 3 is 2.58 bits per heavy atom. The molecule has 2 amide bonds. The number of carbonyl (C=O) groups is 2. The molecule has 0 saturated carbocycles. The summed E-state index contributed by atoms with van der Waals surface area (Å²) in [6.45, 7) is 3.67. The lowest BCUT2D eigenvalue weighted by Gasteiger charge is -2.39. The molecular weight excluding hydrogens is 508 g/mol. The summed E-state index contributed by atoms with van der Waals surface area (Å²) >= 11 is 0. The van der Waals surface area contributed by atoms with Crippen molar-refractivity contribution in [2.75, 3.05) is 45.0 Å². The number of ether oxygens (including phenoxy) is 1. The average Bonchev–Trinajstić information content (AvgIpc) is 3.53. The molecule has 0 radical (unpaired) electrons. The first-order valence-electron chi connectivity index (χ1n) is 13.6. The molecule has 4 aromatic rings. The summed E-state index contributed by atoms with van der Waals surface area (Å²) in [5.74, 6) is 2.13. The van der Waals surface area contributed by atoms with Crippen molar-refractivity contribution in [1.82, 2.24) is 34.9 Å². The Morgan fingerprint density at radius 1 is 1.05 bits per heavy atom. The molecule has 206 valence electrons. The van der Waals surface area contributed by atoms with Crippen molar-refractivity contribution in [1.29, 1.82) is 0 Å². The number of para-hydroxylation sites is 1. The molecule has 3 N–H and O–H groups in total. The van der Waals surface area contributed by atoms with Gasteiger partial charge in [-0.2, -0.15) is 5.10 Å². The number of carbonyl (C=O) groups excluding carboxylic acids is 2. The molecular formula is C29H32N8O3. The zero-order valence-electron chi connectivity index (χ0n) is 22.2. The van der Waals surface area contributed by atoms with Crippen LogP contribution in [0.15, 0.2) is 60.9 Å². The Kier molecular flexibility index (Phi) is 7.28. The van der Waals surface area contributed by atoms with Crippen molar-refractivity contribution < 1.29 is 14.3 Å². The molecule has 2 fully saturated rings. The summed E-state index contributed by atoms with van der Waals surface area (Å²) < 4.78 is 7.78. The number of aromatic nitrogens is 4. The first kappa shape index (κ1) is 25.8. The summed E-state index contributed by atoms with van der Waals surface area (Å²) in [6.07, 6.45) is 3.88. The van der Waals surface area contributed by atoms with Gasteiger partial charge in [-0.3, -0.25) is 9.59 Å². The van der Waals surface area contributed by atoms with Gasteiger partial charge < -0.3 is 25.6 Å². The monoisotopic (exact) mass is 540 g/mol. The number of nitrogens with two attached hydrogens (primary N) is 1. The number of anilines is 1. The molecule has 11 nitrogen and oxygen atoms in total. The van der Waals surface area contributed by atoms with Crippen molar-refractivity contribution >= 4 is 28.7 Å². The molecule has 6 rings (SSSR count). The molecule has 11 heteroatoms. The van der Waals surface area contributed by atoms with E-state index in [1.54, 1.807) is 0 Å². The van der Waals surface area contributed by atoms with Gasteiger partial charge >= 0.3 is 0 Å². The first-order valence-corrected chi connectivity index (χ1v) is 13.6. The lowest BCUT2D eigenvalue weighted by atomic mass is 10.1. The van der Waals surface area contributed by atoms with Crippen molar-refractivity contribution in [3.05, 3.63) is 60.9 Å². The lowest BCUT2D eigenvalue weighted by Crippen LogP contribution is -2.53. The first-order chi connectivity index (χ1) is 19.6. The van der Waals surface area contributed by atoms with Crippen LogP contribution in [-0.2, 0) is 9.59 Å². The summed E-state index contributed by atoms with van der Waals surface area (Å²) in [7, 11) is 0. The van der Waals surface area contributed by atoms with Crippen LogP contribution in [0.5, 0.6) is 11.5 Å². The number of fused-ring (bicyclic) bond motifs is 1. The highest BCUT2D eigenvalue weighted by atomic mass is 16.5. The number of amides is 2. The number of hydrogen-bond donors (Lipinski definition) is 2. The van der Waals surface area contributed by atoms with Crippen LogP contribution >= 0.6 is 0 Å². The standard InChI is InChI=1S/C29H32N8O3/c30-28-26-27(20-9-11-23(12-10-20)40-22-6-2-1-3-7-22)34-37(29(26)33-19-32-28)21-17-36(18-21)25(39)16-31-13-5-15-35-14-4-8-24(35)38/h1-3,6-7,9-12,19,21,31H,4-5,8,13-18H2,(H2,30,32,33). The highest BCUT2D eigenvalue weighted by Gasteiger charge is 2.34. The summed E-state index contributed by atoms with van der Waals surface area (Å²) in [5, 5.41) is 8.80. The van der Waals surface area contributed by atoms with Gasteiger partial charge in [0.05, 0.1) is 18.0 Å². The van der Waals surface area contributed by atoms with Crippen LogP contribution in [0.1, 0.15) is 25.3 Å². The van der Waals surface area contributed by atoms with Gasteiger partial charge in [-0.25, -0.2) is 14.6 Å². The van der Waals surface area contributed by atoms with E-state index in [4.69, 9.17) is 15.6 Å². The molecule has 2 aliphatic heterocycles. The average molecular weight is 541 g/mol. The molecule has 0 atom stereocenters. The minimum Gasteiger partial charge on any atom is -0.457 e. The number of nitrogens with zero attached hydrogens (tertiary/aromatic N) is 6. The van der Waals surface area contributed by atoms with Crippen molar-refractivity contribution in [2.24, 2.45) is 0 Å². The maximum Gasteiger partial charge on any atom is 0.236 e. The van der Waals surface area contributed by atoms with E-state index >= 15 is 0 Å². The maximum absolute atomic E-state index is 12.7. The van der Waals surface area contributed by atoms with E-state index in [1.165, 1.54) is 6.33 Å². The Labute approximate surface area is 231 Å².